The van der Waals surface area contributed by atoms with E-state index >= 15 is 0 Å². The third-order valence-corrected chi connectivity index (χ3v) is 3.95. The van der Waals surface area contributed by atoms with Crippen molar-refractivity contribution in [2.24, 2.45) is 17.3 Å². The van der Waals surface area contributed by atoms with Crippen molar-refractivity contribution >= 4 is 15.9 Å². The quantitative estimate of drug-likeness (QED) is 0.626. The lowest BCUT2D eigenvalue weighted by Crippen LogP contribution is -2.28. The Balaban J connectivity index is 2.54. The van der Waals surface area contributed by atoms with E-state index in [4.69, 9.17) is 0 Å². The van der Waals surface area contributed by atoms with E-state index in [0.29, 0.717) is 5.41 Å². The maximum Gasteiger partial charge on any atom is 0.00673 e. The summed E-state index contributed by atoms with van der Waals surface area (Å²) >= 11 is 3.66. The van der Waals surface area contributed by atoms with Gasteiger partial charge in [-0.15, -0.1) is 0 Å². The summed E-state index contributed by atoms with van der Waals surface area (Å²) in [6.07, 6.45) is 5.86. The van der Waals surface area contributed by atoms with E-state index in [1.165, 1.54) is 31.0 Å². The van der Waals surface area contributed by atoms with Crippen LogP contribution in [0.5, 0.6) is 0 Å². The third kappa shape index (κ3) is 2.48. The van der Waals surface area contributed by atoms with Crippen LogP contribution in [0, 0.1) is 17.3 Å². The molecule has 1 aliphatic carbocycles. The fraction of sp³-hybridized carbons (Fsp3) is 1.00. The Hall–Kier alpha value is 0.480. The summed E-state index contributed by atoms with van der Waals surface area (Å²) in [4.78, 5) is 0. The van der Waals surface area contributed by atoms with Crippen LogP contribution in [0.4, 0.5) is 0 Å². The molecular formula is C11H21Br. The van der Waals surface area contributed by atoms with Crippen molar-refractivity contribution in [2.45, 2.75) is 46.5 Å². The number of hydrogen-bond donors (Lipinski definition) is 0. The first kappa shape index (κ1) is 10.6. The molecular weight excluding hydrogens is 212 g/mol. The Morgan fingerprint density at radius 1 is 1.25 bits per heavy atom. The first-order valence-corrected chi connectivity index (χ1v) is 6.24. The fourth-order valence-electron chi connectivity index (χ4n) is 2.42. The topological polar surface area (TPSA) is 0 Å². The van der Waals surface area contributed by atoms with Gasteiger partial charge in [0, 0.05) is 5.33 Å². The van der Waals surface area contributed by atoms with Crippen LogP contribution in [0.15, 0.2) is 0 Å². The molecule has 0 aliphatic heterocycles. The molecule has 1 unspecified atom stereocenters. The molecule has 0 spiro atoms. The van der Waals surface area contributed by atoms with Crippen LogP contribution in [-0.4, -0.2) is 5.33 Å². The van der Waals surface area contributed by atoms with Crippen molar-refractivity contribution in [2.75, 3.05) is 5.33 Å². The van der Waals surface area contributed by atoms with Gasteiger partial charge in [-0.05, 0) is 17.3 Å². The average molecular weight is 233 g/mol. The van der Waals surface area contributed by atoms with E-state index in [-0.39, 0.29) is 0 Å². The van der Waals surface area contributed by atoms with Gasteiger partial charge in [-0.1, -0.05) is 62.4 Å². The molecule has 0 nitrogen and oxygen atoms in total. The van der Waals surface area contributed by atoms with Gasteiger partial charge < -0.3 is 0 Å². The highest BCUT2D eigenvalue weighted by Crippen LogP contribution is 2.41. The van der Waals surface area contributed by atoms with Gasteiger partial charge in [0.05, 0.1) is 0 Å². The van der Waals surface area contributed by atoms with E-state index in [0.717, 1.165) is 11.8 Å². The molecule has 0 aromatic heterocycles. The minimum Gasteiger partial charge on any atom is -0.0925 e. The van der Waals surface area contributed by atoms with Gasteiger partial charge in [0.25, 0.3) is 0 Å². The number of hydrogen-bond acceptors (Lipinski definition) is 0. The lowest BCUT2D eigenvalue weighted by molar-refractivity contribution is 0.185. The molecule has 1 fully saturated rings. The molecule has 1 atom stereocenters. The molecule has 0 heterocycles. The van der Waals surface area contributed by atoms with Crippen LogP contribution in [0.1, 0.15) is 46.5 Å². The van der Waals surface area contributed by atoms with Crippen LogP contribution in [-0.2, 0) is 0 Å². The smallest absolute Gasteiger partial charge is 0.00673 e. The normalized spacial score (nSPS) is 23.0. The Morgan fingerprint density at radius 3 is 2.08 bits per heavy atom. The standard InChI is InChI=1S/C11H21Br/c1-11(2,3)10(8-12)9-6-4-5-7-9/h9-10H,4-8H2,1-3H3. The van der Waals surface area contributed by atoms with Crippen LogP contribution in [0.3, 0.4) is 0 Å². The molecule has 1 rings (SSSR count). The zero-order valence-electron chi connectivity index (χ0n) is 8.57. The second-order valence-corrected chi connectivity index (χ2v) is 5.82. The molecule has 0 N–H and O–H groups in total. The van der Waals surface area contributed by atoms with Crippen LogP contribution in [0.2, 0.25) is 0 Å². The van der Waals surface area contributed by atoms with E-state index in [9.17, 15) is 0 Å². The third-order valence-electron chi connectivity index (χ3n) is 3.25. The number of rotatable bonds is 2. The molecule has 12 heavy (non-hydrogen) atoms. The highest BCUT2D eigenvalue weighted by atomic mass is 79.9. The summed E-state index contributed by atoms with van der Waals surface area (Å²) in [5.74, 6) is 1.87. The molecule has 72 valence electrons. The minimum absolute atomic E-state index is 0.485. The van der Waals surface area contributed by atoms with Crippen molar-refractivity contribution in [3.05, 3.63) is 0 Å². The van der Waals surface area contributed by atoms with Crippen LogP contribution in [0.25, 0.3) is 0 Å². The Kier molecular flexibility index (Phi) is 3.63. The van der Waals surface area contributed by atoms with Crippen molar-refractivity contribution < 1.29 is 0 Å². The van der Waals surface area contributed by atoms with Gasteiger partial charge in [-0.2, -0.15) is 0 Å². The molecule has 0 bridgehead atoms. The highest BCUT2D eigenvalue weighted by Gasteiger charge is 2.32. The van der Waals surface area contributed by atoms with E-state index in [2.05, 4.69) is 36.7 Å². The second-order valence-electron chi connectivity index (χ2n) is 5.17. The summed E-state index contributed by atoms with van der Waals surface area (Å²) < 4.78 is 0. The van der Waals surface area contributed by atoms with Crippen molar-refractivity contribution in [1.82, 2.24) is 0 Å². The molecule has 1 heteroatoms. The first-order valence-electron chi connectivity index (χ1n) is 5.11. The maximum absolute atomic E-state index is 3.66. The van der Waals surface area contributed by atoms with Crippen LogP contribution < -0.4 is 0 Å². The van der Waals surface area contributed by atoms with Crippen molar-refractivity contribution in [1.29, 1.82) is 0 Å². The summed E-state index contributed by atoms with van der Waals surface area (Å²) in [6, 6.07) is 0. The van der Waals surface area contributed by atoms with Gasteiger partial charge in [-0.25, -0.2) is 0 Å². The predicted molar refractivity (Wildman–Crippen MR) is 58.7 cm³/mol. The number of alkyl halides is 1. The summed E-state index contributed by atoms with van der Waals surface area (Å²) in [5.41, 5.74) is 0.485. The molecule has 0 aromatic rings. The summed E-state index contributed by atoms with van der Waals surface area (Å²) in [5, 5.41) is 1.18. The molecule has 1 aliphatic rings. The Morgan fingerprint density at radius 2 is 1.75 bits per heavy atom. The Labute approximate surface area is 85.3 Å². The lowest BCUT2D eigenvalue weighted by atomic mass is 9.74. The van der Waals surface area contributed by atoms with Gasteiger partial charge in [0.15, 0.2) is 0 Å². The molecule has 0 aromatic carbocycles. The number of halogens is 1. The average Bonchev–Trinajstić information content (AvgIpc) is 2.38. The van der Waals surface area contributed by atoms with E-state index in [1.54, 1.807) is 0 Å². The van der Waals surface area contributed by atoms with Crippen LogP contribution >= 0.6 is 15.9 Å². The lowest BCUT2D eigenvalue weighted by Gasteiger charge is -2.34. The fourth-order valence-corrected chi connectivity index (χ4v) is 3.92. The highest BCUT2D eigenvalue weighted by molar-refractivity contribution is 9.09. The van der Waals surface area contributed by atoms with E-state index in [1.807, 2.05) is 0 Å². The van der Waals surface area contributed by atoms with E-state index < -0.39 is 0 Å². The van der Waals surface area contributed by atoms with Gasteiger partial charge in [0.2, 0.25) is 0 Å². The van der Waals surface area contributed by atoms with Gasteiger partial charge in [0.1, 0.15) is 0 Å². The summed E-state index contributed by atoms with van der Waals surface area (Å²) in [6.45, 7) is 7.12. The molecule has 0 radical (unpaired) electrons. The summed E-state index contributed by atoms with van der Waals surface area (Å²) in [7, 11) is 0. The predicted octanol–water partition coefficient (Wildman–Crippen LogP) is 4.23. The van der Waals surface area contributed by atoms with Gasteiger partial charge >= 0.3 is 0 Å². The minimum atomic E-state index is 0.485. The monoisotopic (exact) mass is 232 g/mol. The Bertz CT molecular complexity index is 128. The zero-order valence-corrected chi connectivity index (χ0v) is 10.2. The largest absolute Gasteiger partial charge is 0.0925 e. The SMILES string of the molecule is CC(C)(C)C(CBr)C1CCCC1. The zero-order chi connectivity index (χ0) is 9.19. The van der Waals surface area contributed by atoms with Crippen molar-refractivity contribution in [3.63, 3.8) is 0 Å². The second kappa shape index (κ2) is 4.13. The maximum atomic E-state index is 3.66. The van der Waals surface area contributed by atoms with Crippen molar-refractivity contribution in [3.8, 4) is 0 Å². The molecule has 1 saturated carbocycles. The molecule has 0 saturated heterocycles. The first-order chi connectivity index (χ1) is 5.55. The molecule has 0 amide bonds. The van der Waals surface area contributed by atoms with Gasteiger partial charge in [-0.3, -0.25) is 0 Å².